The molecule has 18 heavy (non-hydrogen) atoms. The van der Waals surface area contributed by atoms with Crippen LogP contribution >= 0.6 is 15.9 Å². The van der Waals surface area contributed by atoms with Gasteiger partial charge in [-0.3, -0.25) is 10.1 Å². The number of nitrogens with zero attached hydrogens (tertiary/aromatic N) is 1. The third-order valence-corrected chi connectivity index (χ3v) is 3.43. The summed E-state index contributed by atoms with van der Waals surface area (Å²) in [6.45, 7) is 6.02. The van der Waals surface area contributed by atoms with E-state index in [9.17, 15) is 14.5 Å². The second-order valence-electron chi connectivity index (χ2n) is 4.44. The van der Waals surface area contributed by atoms with Gasteiger partial charge in [-0.1, -0.05) is 20.8 Å². The first-order chi connectivity index (χ1) is 8.36. The fourth-order valence-corrected chi connectivity index (χ4v) is 2.07. The van der Waals surface area contributed by atoms with Crippen molar-refractivity contribution in [2.75, 3.05) is 5.32 Å². The second-order valence-corrected chi connectivity index (χ2v) is 5.30. The minimum absolute atomic E-state index is 0.0734. The number of halogens is 2. The van der Waals surface area contributed by atoms with Crippen molar-refractivity contribution in [3.63, 3.8) is 0 Å². The molecule has 0 saturated carbocycles. The van der Waals surface area contributed by atoms with Gasteiger partial charge in [0.25, 0.3) is 5.69 Å². The lowest BCUT2D eigenvalue weighted by molar-refractivity contribution is -0.384. The maximum atomic E-state index is 13.5. The standard InChI is InChI=1S/C12H16BrFN2O2/c1-4-10(7(2)3)15-11-6-9(14)8(13)5-12(11)16(17)18/h5-7,10,15H,4H2,1-3H3. The van der Waals surface area contributed by atoms with Gasteiger partial charge in [0.1, 0.15) is 11.5 Å². The fourth-order valence-electron chi connectivity index (χ4n) is 1.74. The van der Waals surface area contributed by atoms with E-state index in [1.54, 1.807) is 0 Å². The summed E-state index contributed by atoms with van der Waals surface area (Å²) in [5.74, 6) is -0.206. The molecule has 1 rings (SSSR count). The lowest BCUT2D eigenvalue weighted by atomic mass is 10.0. The van der Waals surface area contributed by atoms with Gasteiger partial charge >= 0.3 is 0 Å². The minimum atomic E-state index is -0.514. The second kappa shape index (κ2) is 6.13. The third-order valence-electron chi connectivity index (χ3n) is 2.82. The quantitative estimate of drug-likeness (QED) is 0.649. The van der Waals surface area contributed by atoms with E-state index in [0.717, 1.165) is 12.5 Å². The highest BCUT2D eigenvalue weighted by Gasteiger charge is 2.20. The summed E-state index contributed by atoms with van der Waals surface area (Å²) >= 11 is 2.95. The van der Waals surface area contributed by atoms with E-state index in [0.29, 0.717) is 5.92 Å². The van der Waals surface area contributed by atoms with E-state index in [-0.39, 0.29) is 21.9 Å². The maximum absolute atomic E-state index is 13.5. The van der Waals surface area contributed by atoms with Gasteiger partial charge in [-0.25, -0.2) is 4.39 Å². The zero-order valence-corrected chi connectivity index (χ0v) is 12.1. The van der Waals surface area contributed by atoms with Gasteiger partial charge in [0, 0.05) is 18.2 Å². The van der Waals surface area contributed by atoms with Crippen LogP contribution in [0.2, 0.25) is 0 Å². The van der Waals surface area contributed by atoms with Crippen LogP contribution in [0.1, 0.15) is 27.2 Å². The molecule has 0 aliphatic heterocycles. The van der Waals surface area contributed by atoms with Crippen LogP contribution in [-0.2, 0) is 0 Å². The average molecular weight is 319 g/mol. The van der Waals surface area contributed by atoms with E-state index in [2.05, 4.69) is 21.2 Å². The molecule has 0 aromatic heterocycles. The summed E-state index contributed by atoms with van der Waals surface area (Å²) in [6, 6.07) is 2.42. The van der Waals surface area contributed by atoms with Crippen molar-refractivity contribution in [2.45, 2.75) is 33.2 Å². The zero-order valence-electron chi connectivity index (χ0n) is 10.5. The van der Waals surface area contributed by atoms with Gasteiger partial charge in [-0.2, -0.15) is 0 Å². The molecule has 4 nitrogen and oxygen atoms in total. The van der Waals surface area contributed by atoms with E-state index in [4.69, 9.17) is 0 Å². The van der Waals surface area contributed by atoms with Crippen LogP contribution in [0, 0.1) is 21.8 Å². The number of hydrogen-bond acceptors (Lipinski definition) is 3. The molecule has 0 radical (unpaired) electrons. The number of nitrogens with one attached hydrogen (secondary N) is 1. The van der Waals surface area contributed by atoms with Crippen molar-refractivity contribution in [3.8, 4) is 0 Å². The van der Waals surface area contributed by atoms with Gasteiger partial charge in [0.05, 0.1) is 9.40 Å². The summed E-state index contributed by atoms with van der Waals surface area (Å²) in [5, 5.41) is 14.0. The molecule has 100 valence electrons. The molecule has 0 aliphatic carbocycles. The normalized spacial score (nSPS) is 12.6. The number of nitro benzene ring substituents is 1. The Labute approximate surface area is 114 Å². The van der Waals surface area contributed by atoms with Crippen LogP contribution in [0.25, 0.3) is 0 Å². The Bertz CT molecular complexity index is 452. The molecule has 1 atom stereocenters. The molecule has 0 spiro atoms. The first-order valence-corrected chi connectivity index (χ1v) is 6.56. The van der Waals surface area contributed by atoms with Crippen LogP contribution in [0.3, 0.4) is 0 Å². The summed E-state index contributed by atoms with van der Waals surface area (Å²) < 4.78 is 13.6. The smallest absolute Gasteiger partial charge is 0.293 e. The molecule has 0 fully saturated rings. The number of nitro groups is 1. The SMILES string of the molecule is CCC(Nc1cc(F)c(Br)cc1[N+](=O)[O-])C(C)C. The van der Waals surface area contributed by atoms with E-state index in [1.165, 1.54) is 6.07 Å². The van der Waals surface area contributed by atoms with Gasteiger partial charge in [0.2, 0.25) is 0 Å². The van der Waals surface area contributed by atoms with Crippen LogP contribution in [0.4, 0.5) is 15.8 Å². The van der Waals surface area contributed by atoms with Crippen LogP contribution in [0.15, 0.2) is 16.6 Å². The Hall–Kier alpha value is -1.17. The molecule has 1 aromatic rings. The van der Waals surface area contributed by atoms with Crippen molar-refractivity contribution in [1.82, 2.24) is 0 Å². The molecular formula is C12H16BrFN2O2. The highest BCUT2D eigenvalue weighted by Crippen LogP contribution is 2.31. The Morgan fingerprint density at radius 2 is 2.11 bits per heavy atom. The monoisotopic (exact) mass is 318 g/mol. The predicted molar refractivity (Wildman–Crippen MR) is 73.3 cm³/mol. The largest absolute Gasteiger partial charge is 0.376 e. The zero-order chi connectivity index (χ0) is 13.9. The molecule has 1 N–H and O–H groups in total. The molecule has 1 aromatic carbocycles. The number of anilines is 1. The summed E-state index contributed by atoms with van der Waals surface area (Å²) in [7, 11) is 0. The maximum Gasteiger partial charge on any atom is 0.293 e. The number of benzene rings is 1. The Morgan fingerprint density at radius 3 is 2.56 bits per heavy atom. The highest BCUT2D eigenvalue weighted by molar-refractivity contribution is 9.10. The van der Waals surface area contributed by atoms with Crippen molar-refractivity contribution < 1.29 is 9.31 Å². The summed E-state index contributed by atoms with van der Waals surface area (Å²) in [4.78, 5) is 10.4. The van der Waals surface area contributed by atoms with Crippen molar-refractivity contribution in [2.24, 2.45) is 5.92 Å². The van der Waals surface area contributed by atoms with E-state index >= 15 is 0 Å². The molecule has 0 bridgehead atoms. The van der Waals surface area contributed by atoms with E-state index in [1.807, 2.05) is 20.8 Å². The Balaban J connectivity index is 3.14. The average Bonchev–Trinajstić information content (AvgIpc) is 2.29. The summed E-state index contributed by atoms with van der Waals surface area (Å²) in [5.41, 5.74) is 0.101. The van der Waals surface area contributed by atoms with Crippen molar-refractivity contribution in [1.29, 1.82) is 0 Å². The fraction of sp³-hybridized carbons (Fsp3) is 0.500. The van der Waals surface area contributed by atoms with Crippen LogP contribution in [0.5, 0.6) is 0 Å². The van der Waals surface area contributed by atoms with Crippen LogP contribution in [-0.4, -0.2) is 11.0 Å². The molecule has 0 heterocycles. The molecule has 0 aliphatic rings. The molecule has 6 heteroatoms. The molecule has 1 unspecified atom stereocenters. The first-order valence-electron chi connectivity index (χ1n) is 5.76. The van der Waals surface area contributed by atoms with E-state index < -0.39 is 10.7 Å². The Morgan fingerprint density at radius 1 is 1.50 bits per heavy atom. The van der Waals surface area contributed by atoms with Crippen molar-refractivity contribution in [3.05, 3.63) is 32.5 Å². The lowest BCUT2D eigenvalue weighted by Crippen LogP contribution is -2.25. The topological polar surface area (TPSA) is 55.2 Å². The van der Waals surface area contributed by atoms with Crippen molar-refractivity contribution >= 4 is 27.3 Å². The van der Waals surface area contributed by atoms with Gasteiger partial charge in [-0.05, 0) is 28.3 Å². The van der Waals surface area contributed by atoms with Gasteiger partial charge in [-0.15, -0.1) is 0 Å². The third kappa shape index (κ3) is 3.41. The first kappa shape index (κ1) is 14.9. The summed E-state index contributed by atoms with van der Waals surface area (Å²) in [6.07, 6.45) is 0.812. The molecule has 0 amide bonds. The minimum Gasteiger partial charge on any atom is -0.376 e. The highest BCUT2D eigenvalue weighted by atomic mass is 79.9. The van der Waals surface area contributed by atoms with Gasteiger partial charge < -0.3 is 5.32 Å². The lowest BCUT2D eigenvalue weighted by Gasteiger charge is -2.22. The molecular weight excluding hydrogens is 303 g/mol. The number of rotatable bonds is 5. The Kier molecular flexibility index (Phi) is 5.07. The van der Waals surface area contributed by atoms with Gasteiger partial charge in [0.15, 0.2) is 0 Å². The van der Waals surface area contributed by atoms with Crippen LogP contribution < -0.4 is 5.32 Å². The molecule has 0 saturated heterocycles. The predicted octanol–water partition coefficient (Wildman–Crippen LogP) is 4.34. The number of hydrogen-bond donors (Lipinski definition) is 1.